The highest BCUT2D eigenvalue weighted by Crippen LogP contribution is 2.69. The molecule has 0 radical (unpaired) electrons. The number of carbonyl (C=O) groups is 1. The molecular weight excluding hydrogens is 542 g/mol. The van der Waals surface area contributed by atoms with Gasteiger partial charge in [-0.3, -0.25) is 4.79 Å². The van der Waals surface area contributed by atoms with Crippen molar-refractivity contribution in [2.24, 2.45) is 45.8 Å². The summed E-state index contributed by atoms with van der Waals surface area (Å²) in [5.74, 6) is 5.57. The normalized spacial score (nSPS) is 37.8. The maximum absolute atomic E-state index is 13.5. The molecule has 0 saturated heterocycles. The number of carbonyl (C=O) groups excluding carboxylic acids is 1. The van der Waals surface area contributed by atoms with Crippen molar-refractivity contribution >= 4 is 11.5 Å². The van der Waals surface area contributed by atoms with Crippen molar-refractivity contribution in [3.63, 3.8) is 0 Å². The van der Waals surface area contributed by atoms with Crippen LogP contribution in [0.25, 0.3) is 5.57 Å². The number of phenolic OH excluding ortho intramolecular Hbond substituents is 1. The summed E-state index contributed by atoms with van der Waals surface area (Å²) in [4.78, 5) is 13.5. The molecule has 234 valence electrons. The standard InChI is InChI=1S/C40H51NO3/c1-38-20-28-21-39(2,23-38)25-40(22-28,24-38)37(43)41-13-3-4-14-44-34-11-7-30(8-12-34)35(29-5-9-33(42)10-6-29)36-31-16-26-15-27(18-31)19-32(36)17-26/h5-12,26-28,31-32,42H,3-4,13-25H2,1-2H3,(H,41,43). The first kappa shape index (κ1) is 28.7. The zero-order valence-electron chi connectivity index (χ0n) is 26.9. The monoisotopic (exact) mass is 593 g/mol. The number of unbranched alkanes of at least 4 members (excludes halogenated alkanes) is 1. The average molecular weight is 594 g/mol. The average Bonchev–Trinajstić information content (AvgIpc) is 2.95. The van der Waals surface area contributed by atoms with Gasteiger partial charge in [-0.25, -0.2) is 0 Å². The molecule has 0 spiro atoms. The summed E-state index contributed by atoms with van der Waals surface area (Å²) in [5.41, 5.74) is 6.17. The van der Waals surface area contributed by atoms with E-state index in [4.69, 9.17) is 4.74 Å². The number of hydrogen-bond donors (Lipinski definition) is 2. The Hall–Kier alpha value is -2.75. The molecule has 10 rings (SSSR count). The van der Waals surface area contributed by atoms with Gasteiger partial charge >= 0.3 is 0 Å². The first-order chi connectivity index (χ1) is 21.2. The quantitative estimate of drug-likeness (QED) is 0.286. The SMILES string of the molecule is CC12CC3CC(C)(C1)CC(C(=O)NCCCCOc1ccc(C(=C4C5CC6CC(C5)CC4C6)c4ccc(O)cc4)cc1)(C3)C2. The van der Waals surface area contributed by atoms with Crippen molar-refractivity contribution in [1.82, 2.24) is 5.32 Å². The third-order valence-corrected chi connectivity index (χ3v) is 12.8. The molecule has 4 heteroatoms. The Kier molecular flexibility index (Phi) is 6.96. The fourth-order valence-corrected chi connectivity index (χ4v) is 12.5. The summed E-state index contributed by atoms with van der Waals surface area (Å²) < 4.78 is 6.17. The number of ether oxygens (including phenoxy) is 1. The molecule has 2 atom stereocenters. The molecule has 4 nitrogen and oxygen atoms in total. The van der Waals surface area contributed by atoms with Crippen molar-refractivity contribution in [2.75, 3.05) is 13.2 Å². The zero-order chi connectivity index (χ0) is 30.1. The lowest BCUT2D eigenvalue weighted by Gasteiger charge is -2.64. The fourth-order valence-electron chi connectivity index (χ4n) is 12.5. The summed E-state index contributed by atoms with van der Waals surface area (Å²) in [6, 6.07) is 16.6. The summed E-state index contributed by atoms with van der Waals surface area (Å²) in [6.45, 7) is 6.29. The summed E-state index contributed by atoms with van der Waals surface area (Å²) in [6.07, 6.45) is 16.0. The Morgan fingerprint density at radius 1 is 0.773 bits per heavy atom. The van der Waals surface area contributed by atoms with Crippen LogP contribution < -0.4 is 10.1 Å². The molecule has 8 aliphatic rings. The van der Waals surface area contributed by atoms with Gasteiger partial charge < -0.3 is 15.2 Å². The van der Waals surface area contributed by atoms with E-state index in [1.165, 1.54) is 68.1 Å². The van der Waals surface area contributed by atoms with Gasteiger partial charge in [0.05, 0.1) is 12.0 Å². The maximum atomic E-state index is 13.5. The topological polar surface area (TPSA) is 58.6 Å². The smallest absolute Gasteiger partial charge is 0.226 e. The van der Waals surface area contributed by atoms with Gasteiger partial charge in [-0.05, 0) is 165 Å². The van der Waals surface area contributed by atoms with Gasteiger partial charge in [0.1, 0.15) is 11.5 Å². The van der Waals surface area contributed by atoms with Crippen LogP contribution in [-0.2, 0) is 4.79 Å². The highest BCUT2D eigenvalue weighted by Gasteiger charge is 2.62. The molecule has 8 aliphatic carbocycles. The molecule has 2 N–H and O–H groups in total. The Labute approximate surface area is 264 Å². The van der Waals surface area contributed by atoms with E-state index in [9.17, 15) is 9.90 Å². The van der Waals surface area contributed by atoms with Crippen LogP contribution in [0.3, 0.4) is 0 Å². The minimum Gasteiger partial charge on any atom is -0.508 e. The van der Waals surface area contributed by atoms with Crippen LogP contribution in [0.2, 0.25) is 0 Å². The molecule has 2 aromatic carbocycles. The maximum Gasteiger partial charge on any atom is 0.226 e. The summed E-state index contributed by atoms with van der Waals surface area (Å²) in [7, 11) is 0. The highest BCUT2D eigenvalue weighted by molar-refractivity contribution is 5.84. The van der Waals surface area contributed by atoms with E-state index in [1.54, 1.807) is 5.57 Å². The minimum absolute atomic E-state index is 0.119. The van der Waals surface area contributed by atoms with Gasteiger partial charge in [0.2, 0.25) is 5.91 Å². The number of aromatic hydroxyl groups is 1. The molecular formula is C40H51NO3. The van der Waals surface area contributed by atoms with Crippen LogP contribution >= 0.6 is 0 Å². The van der Waals surface area contributed by atoms with Gasteiger partial charge in [0.25, 0.3) is 0 Å². The van der Waals surface area contributed by atoms with Crippen molar-refractivity contribution in [3.05, 3.63) is 65.2 Å². The second kappa shape index (κ2) is 10.7. The van der Waals surface area contributed by atoms with E-state index < -0.39 is 0 Å². The largest absolute Gasteiger partial charge is 0.508 e. The Balaban J connectivity index is 0.878. The first-order valence-electron chi connectivity index (χ1n) is 17.7. The molecule has 44 heavy (non-hydrogen) atoms. The van der Waals surface area contributed by atoms with E-state index in [-0.39, 0.29) is 5.41 Å². The van der Waals surface area contributed by atoms with E-state index in [1.807, 2.05) is 12.1 Å². The number of benzene rings is 2. The van der Waals surface area contributed by atoms with Gasteiger partial charge in [0, 0.05) is 6.54 Å². The van der Waals surface area contributed by atoms with Crippen LogP contribution in [0.15, 0.2) is 54.1 Å². The molecule has 1 amide bonds. The van der Waals surface area contributed by atoms with Crippen LogP contribution in [0.4, 0.5) is 0 Å². The molecule has 0 aromatic heterocycles. The Bertz CT molecular complexity index is 1390. The van der Waals surface area contributed by atoms with Gasteiger partial charge in [-0.15, -0.1) is 0 Å². The number of phenols is 1. The van der Waals surface area contributed by atoms with Crippen LogP contribution in [-0.4, -0.2) is 24.2 Å². The van der Waals surface area contributed by atoms with Crippen LogP contribution in [0.5, 0.6) is 11.5 Å². The van der Waals surface area contributed by atoms with Crippen molar-refractivity contribution in [1.29, 1.82) is 0 Å². The predicted molar refractivity (Wildman–Crippen MR) is 175 cm³/mol. The lowest BCUT2D eigenvalue weighted by atomic mass is 9.40. The number of hydrogen-bond acceptors (Lipinski definition) is 3. The van der Waals surface area contributed by atoms with Crippen molar-refractivity contribution < 1.29 is 14.6 Å². The second-order valence-electron chi connectivity index (χ2n) is 16.9. The lowest BCUT2D eigenvalue weighted by molar-refractivity contribution is -0.170. The highest BCUT2D eigenvalue weighted by atomic mass is 16.5. The third-order valence-electron chi connectivity index (χ3n) is 12.8. The molecule has 0 aliphatic heterocycles. The zero-order valence-corrected chi connectivity index (χ0v) is 26.9. The molecule has 0 heterocycles. The molecule has 2 unspecified atom stereocenters. The lowest BCUT2D eigenvalue weighted by Crippen LogP contribution is -2.59. The number of nitrogens with one attached hydrogen (secondary N) is 1. The Morgan fingerprint density at radius 3 is 1.95 bits per heavy atom. The molecule has 8 bridgehead atoms. The molecule has 2 aromatic rings. The van der Waals surface area contributed by atoms with Gasteiger partial charge in [-0.2, -0.15) is 0 Å². The molecule has 8 fully saturated rings. The number of rotatable bonds is 9. The van der Waals surface area contributed by atoms with Crippen molar-refractivity contribution in [3.8, 4) is 11.5 Å². The first-order valence-corrected chi connectivity index (χ1v) is 17.7. The van der Waals surface area contributed by atoms with E-state index in [0.29, 0.717) is 40.9 Å². The molecule has 8 saturated carbocycles. The summed E-state index contributed by atoms with van der Waals surface area (Å²) in [5, 5.41) is 13.3. The third kappa shape index (κ3) is 5.18. The second-order valence-corrected chi connectivity index (χ2v) is 16.9. The van der Waals surface area contributed by atoms with E-state index in [2.05, 4.69) is 55.6 Å². The minimum atomic E-state index is -0.119. The van der Waals surface area contributed by atoms with E-state index in [0.717, 1.165) is 62.2 Å². The van der Waals surface area contributed by atoms with Gasteiger partial charge in [0.15, 0.2) is 0 Å². The van der Waals surface area contributed by atoms with Crippen molar-refractivity contribution in [2.45, 2.75) is 97.3 Å². The number of allylic oxidation sites excluding steroid dienone is 1. The Morgan fingerprint density at radius 2 is 1.36 bits per heavy atom. The predicted octanol–water partition coefficient (Wildman–Crippen LogP) is 8.92. The van der Waals surface area contributed by atoms with E-state index >= 15 is 0 Å². The summed E-state index contributed by atoms with van der Waals surface area (Å²) >= 11 is 0. The fraction of sp³-hybridized carbons (Fsp3) is 0.625. The number of amides is 1. The van der Waals surface area contributed by atoms with Crippen LogP contribution in [0, 0.1) is 45.8 Å². The van der Waals surface area contributed by atoms with Crippen LogP contribution in [0.1, 0.15) is 108 Å². The van der Waals surface area contributed by atoms with Gasteiger partial charge in [-0.1, -0.05) is 43.7 Å².